The number of amides is 1. The first kappa shape index (κ1) is 24.8. The van der Waals surface area contributed by atoms with Crippen LogP contribution in [0.15, 0.2) is 47.4 Å². The van der Waals surface area contributed by atoms with Gasteiger partial charge < -0.3 is 5.32 Å². The molecule has 0 spiro atoms. The molecular weight excluding hydrogens is 438 g/mol. The van der Waals surface area contributed by atoms with E-state index in [0.29, 0.717) is 23.4 Å². The maximum atomic E-state index is 12.7. The van der Waals surface area contributed by atoms with Crippen molar-refractivity contribution in [3.63, 3.8) is 0 Å². The average Bonchev–Trinajstić information content (AvgIpc) is 2.70. The van der Waals surface area contributed by atoms with Gasteiger partial charge in [-0.2, -0.15) is 4.31 Å². The molecule has 1 amide bonds. The molecule has 0 saturated carbocycles. The van der Waals surface area contributed by atoms with Crippen molar-refractivity contribution in [2.75, 3.05) is 22.8 Å². The van der Waals surface area contributed by atoms with Gasteiger partial charge in [0.05, 0.1) is 16.3 Å². The lowest BCUT2D eigenvalue weighted by Gasteiger charge is -2.21. The summed E-state index contributed by atoms with van der Waals surface area (Å²) in [4.78, 5) is 12.8. The normalized spacial score (nSPS) is 12.2. The van der Waals surface area contributed by atoms with Crippen LogP contribution in [0.2, 0.25) is 0 Å². The van der Waals surface area contributed by atoms with Crippen LogP contribution in [0.5, 0.6) is 0 Å². The standard InChI is InChI=1S/C21H29N3O5S2/c1-6-14-30(26,27)23-20-9-7-8-19(16(20)4)22-21(25)17-10-12-18(13-11-17)31(28,29)24(5)15(2)3/h7-13,15,23H,6,14H2,1-5H3,(H,22,25). The molecule has 0 aliphatic heterocycles. The summed E-state index contributed by atoms with van der Waals surface area (Å²) in [6, 6.07) is 10.4. The lowest BCUT2D eigenvalue weighted by molar-refractivity contribution is 0.102. The fourth-order valence-corrected chi connectivity index (χ4v) is 5.35. The fourth-order valence-electron chi connectivity index (χ4n) is 2.79. The maximum Gasteiger partial charge on any atom is 0.255 e. The van der Waals surface area contributed by atoms with Crippen molar-refractivity contribution >= 4 is 37.3 Å². The van der Waals surface area contributed by atoms with E-state index in [9.17, 15) is 21.6 Å². The van der Waals surface area contributed by atoms with Gasteiger partial charge >= 0.3 is 0 Å². The van der Waals surface area contributed by atoms with Crippen molar-refractivity contribution in [1.82, 2.24) is 4.31 Å². The molecule has 8 nitrogen and oxygen atoms in total. The summed E-state index contributed by atoms with van der Waals surface area (Å²) >= 11 is 0. The number of carbonyl (C=O) groups is 1. The van der Waals surface area contributed by atoms with Gasteiger partial charge in [0.15, 0.2) is 0 Å². The highest BCUT2D eigenvalue weighted by Gasteiger charge is 2.23. The SMILES string of the molecule is CCCS(=O)(=O)Nc1cccc(NC(=O)c2ccc(S(=O)(=O)N(C)C(C)C)cc2)c1C. The smallest absolute Gasteiger partial charge is 0.255 e. The van der Waals surface area contributed by atoms with Gasteiger partial charge in [0.1, 0.15) is 0 Å². The van der Waals surface area contributed by atoms with Crippen LogP contribution in [0.1, 0.15) is 43.1 Å². The minimum Gasteiger partial charge on any atom is -0.322 e. The molecule has 0 unspecified atom stereocenters. The number of carbonyl (C=O) groups excluding carboxylic acids is 1. The predicted molar refractivity (Wildman–Crippen MR) is 123 cm³/mol. The highest BCUT2D eigenvalue weighted by molar-refractivity contribution is 7.92. The van der Waals surface area contributed by atoms with Crippen molar-refractivity contribution in [3.05, 3.63) is 53.6 Å². The number of sulfonamides is 2. The number of nitrogens with one attached hydrogen (secondary N) is 2. The molecule has 2 rings (SSSR count). The second kappa shape index (κ2) is 9.80. The Morgan fingerprint density at radius 3 is 2.13 bits per heavy atom. The highest BCUT2D eigenvalue weighted by atomic mass is 32.2. The van der Waals surface area contributed by atoms with E-state index >= 15 is 0 Å². The molecule has 0 aliphatic rings. The minimum atomic E-state index is -3.64. The molecule has 2 N–H and O–H groups in total. The number of benzene rings is 2. The predicted octanol–water partition coefficient (Wildman–Crippen LogP) is 3.43. The topological polar surface area (TPSA) is 113 Å². The molecule has 170 valence electrons. The summed E-state index contributed by atoms with van der Waals surface area (Å²) in [5.41, 5.74) is 1.71. The van der Waals surface area contributed by atoms with Gasteiger partial charge in [-0.25, -0.2) is 16.8 Å². The molecule has 0 radical (unpaired) electrons. The van der Waals surface area contributed by atoms with Crippen LogP contribution in [0.25, 0.3) is 0 Å². The zero-order chi connectivity index (χ0) is 23.4. The second-order valence-corrected chi connectivity index (χ2v) is 11.3. The second-order valence-electron chi connectivity index (χ2n) is 7.49. The summed E-state index contributed by atoms with van der Waals surface area (Å²) in [6.45, 7) is 7.03. The molecule has 31 heavy (non-hydrogen) atoms. The first-order chi connectivity index (χ1) is 14.4. The van der Waals surface area contributed by atoms with Crippen LogP contribution in [-0.4, -0.2) is 45.9 Å². The Morgan fingerprint density at radius 1 is 1.00 bits per heavy atom. The summed E-state index contributed by atoms with van der Waals surface area (Å²) in [5, 5.41) is 2.75. The third-order valence-electron chi connectivity index (χ3n) is 4.84. The first-order valence-corrected chi connectivity index (χ1v) is 13.0. The van der Waals surface area contributed by atoms with Crippen molar-refractivity contribution in [3.8, 4) is 0 Å². The zero-order valence-electron chi connectivity index (χ0n) is 18.3. The Morgan fingerprint density at radius 2 is 1.58 bits per heavy atom. The van der Waals surface area contributed by atoms with Crippen LogP contribution in [0, 0.1) is 6.92 Å². The van der Waals surface area contributed by atoms with E-state index in [0.717, 1.165) is 0 Å². The largest absolute Gasteiger partial charge is 0.322 e. The first-order valence-electron chi connectivity index (χ1n) is 9.88. The highest BCUT2D eigenvalue weighted by Crippen LogP contribution is 2.25. The molecule has 0 saturated heterocycles. The molecule has 2 aromatic carbocycles. The monoisotopic (exact) mass is 467 g/mol. The lowest BCUT2D eigenvalue weighted by atomic mass is 10.1. The van der Waals surface area contributed by atoms with Crippen molar-refractivity contribution < 1.29 is 21.6 Å². The van der Waals surface area contributed by atoms with Crippen LogP contribution in [0.3, 0.4) is 0 Å². The number of hydrogen-bond acceptors (Lipinski definition) is 5. The van der Waals surface area contributed by atoms with Gasteiger partial charge in [-0.1, -0.05) is 13.0 Å². The lowest BCUT2D eigenvalue weighted by Crippen LogP contribution is -2.33. The molecule has 0 aliphatic carbocycles. The van der Waals surface area contributed by atoms with E-state index in [1.807, 2.05) is 0 Å². The van der Waals surface area contributed by atoms with E-state index in [1.165, 1.54) is 35.6 Å². The molecule has 0 heterocycles. The Hall–Kier alpha value is -2.43. The van der Waals surface area contributed by atoms with Crippen molar-refractivity contribution in [2.45, 2.75) is 45.1 Å². The molecule has 0 aromatic heterocycles. The maximum absolute atomic E-state index is 12.7. The molecule has 0 fully saturated rings. The van der Waals surface area contributed by atoms with Crippen molar-refractivity contribution in [2.24, 2.45) is 0 Å². The average molecular weight is 468 g/mol. The van der Waals surface area contributed by atoms with Crippen LogP contribution >= 0.6 is 0 Å². The Bertz CT molecular complexity index is 1140. The third kappa shape index (κ3) is 6.05. The van der Waals surface area contributed by atoms with Gasteiger partial charge in [0.25, 0.3) is 5.91 Å². The number of anilines is 2. The van der Waals surface area contributed by atoms with Gasteiger partial charge in [-0.15, -0.1) is 0 Å². The van der Waals surface area contributed by atoms with E-state index in [1.54, 1.807) is 45.9 Å². The summed E-state index contributed by atoms with van der Waals surface area (Å²) in [5.74, 6) is -0.428. The molecular formula is C21H29N3O5S2. The zero-order valence-corrected chi connectivity index (χ0v) is 20.0. The summed E-state index contributed by atoms with van der Waals surface area (Å²) in [7, 11) is -5.59. The third-order valence-corrected chi connectivity index (χ3v) is 8.37. The Balaban J connectivity index is 2.22. The van der Waals surface area contributed by atoms with E-state index in [4.69, 9.17) is 0 Å². The van der Waals surface area contributed by atoms with Crippen LogP contribution in [0.4, 0.5) is 11.4 Å². The number of hydrogen-bond donors (Lipinski definition) is 2. The summed E-state index contributed by atoms with van der Waals surface area (Å²) in [6.07, 6.45) is 0.490. The van der Waals surface area contributed by atoms with Gasteiger partial charge in [0, 0.05) is 24.3 Å². The van der Waals surface area contributed by atoms with Gasteiger partial charge in [0.2, 0.25) is 20.0 Å². The van der Waals surface area contributed by atoms with Crippen LogP contribution < -0.4 is 10.0 Å². The Labute approximate surface area is 184 Å². The molecule has 10 heteroatoms. The van der Waals surface area contributed by atoms with Gasteiger partial charge in [-0.3, -0.25) is 9.52 Å². The summed E-state index contributed by atoms with van der Waals surface area (Å²) < 4.78 is 53.0. The van der Waals surface area contributed by atoms with E-state index < -0.39 is 26.0 Å². The van der Waals surface area contributed by atoms with Gasteiger partial charge in [-0.05, 0) is 69.2 Å². The quantitative estimate of drug-likeness (QED) is 0.587. The molecule has 0 bridgehead atoms. The fraction of sp³-hybridized carbons (Fsp3) is 0.381. The van der Waals surface area contributed by atoms with E-state index in [2.05, 4.69) is 10.0 Å². The van der Waals surface area contributed by atoms with Crippen LogP contribution in [-0.2, 0) is 20.0 Å². The van der Waals surface area contributed by atoms with Crippen molar-refractivity contribution in [1.29, 1.82) is 0 Å². The molecule has 2 aromatic rings. The Kier molecular flexibility index (Phi) is 7.85. The number of nitrogens with zero attached hydrogens (tertiary/aromatic N) is 1. The minimum absolute atomic E-state index is 0.00425. The number of rotatable bonds is 9. The van der Waals surface area contributed by atoms with E-state index in [-0.39, 0.29) is 22.3 Å². The molecule has 0 atom stereocenters.